The number of carbonyl (C=O) groups is 1. The standard InChI is InChI=1S/C25H47NO/c1-2-3-4-5-6-7-8-9-10-11-12-13-14-15-16-20-23-26-25(27)24-21-18-17-19-22-24/h9-10,24H,2-8,11-23H2,1H3,(H,26,27). The Morgan fingerprint density at radius 3 is 1.85 bits per heavy atom. The van der Waals surface area contributed by atoms with Gasteiger partial charge in [0.25, 0.3) is 0 Å². The molecule has 2 nitrogen and oxygen atoms in total. The Morgan fingerprint density at radius 1 is 0.741 bits per heavy atom. The van der Waals surface area contributed by atoms with E-state index in [1.807, 2.05) is 0 Å². The van der Waals surface area contributed by atoms with Gasteiger partial charge in [-0.25, -0.2) is 0 Å². The third-order valence-corrected chi connectivity index (χ3v) is 5.96. The van der Waals surface area contributed by atoms with E-state index in [1.54, 1.807) is 0 Å². The number of nitrogens with one attached hydrogen (secondary N) is 1. The van der Waals surface area contributed by atoms with Crippen molar-refractivity contribution < 1.29 is 4.79 Å². The van der Waals surface area contributed by atoms with Gasteiger partial charge in [0, 0.05) is 12.5 Å². The van der Waals surface area contributed by atoms with Crippen LogP contribution in [0.1, 0.15) is 129 Å². The zero-order valence-corrected chi connectivity index (χ0v) is 18.3. The van der Waals surface area contributed by atoms with Crippen molar-refractivity contribution in [3.8, 4) is 0 Å². The predicted octanol–water partition coefficient (Wildman–Crippen LogP) is 7.72. The monoisotopic (exact) mass is 377 g/mol. The highest BCUT2D eigenvalue weighted by atomic mass is 16.1. The summed E-state index contributed by atoms with van der Waals surface area (Å²) < 4.78 is 0. The molecular formula is C25H47NO. The van der Waals surface area contributed by atoms with E-state index in [9.17, 15) is 4.79 Å². The lowest BCUT2D eigenvalue weighted by Crippen LogP contribution is -2.32. The summed E-state index contributed by atoms with van der Waals surface area (Å²) in [6, 6.07) is 0. The van der Waals surface area contributed by atoms with E-state index >= 15 is 0 Å². The van der Waals surface area contributed by atoms with Crippen molar-refractivity contribution in [2.45, 2.75) is 129 Å². The molecule has 1 rings (SSSR count). The molecule has 0 aromatic rings. The number of unbranched alkanes of at least 4 members (excludes halogenated alkanes) is 12. The first-order valence-electron chi connectivity index (χ1n) is 12.3. The van der Waals surface area contributed by atoms with Crippen molar-refractivity contribution in [3.63, 3.8) is 0 Å². The van der Waals surface area contributed by atoms with Crippen molar-refractivity contribution in [2.75, 3.05) is 6.54 Å². The van der Waals surface area contributed by atoms with Gasteiger partial charge in [-0.2, -0.15) is 0 Å². The largest absolute Gasteiger partial charge is 0.356 e. The van der Waals surface area contributed by atoms with Gasteiger partial charge in [0.2, 0.25) is 5.91 Å². The molecule has 27 heavy (non-hydrogen) atoms. The Balaban J connectivity index is 1.76. The Kier molecular flexibility index (Phi) is 16.7. The molecule has 0 heterocycles. The second-order valence-electron chi connectivity index (χ2n) is 8.56. The number of amides is 1. The first-order chi connectivity index (χ1) is 13.3. The fourth-order valence-corrected chi connectivity index (χ4v) is 4.09. The number of rotatable bonds is 17. The summed E-state index contributed by atoms with van der Waals surface area (Å²) in [6.45, 7) is 3.16. The van der Waals surface area contributed by atoms with Crippen molar-refractivity contribution in [2.24, 2.45) is 5.92 Å². The smallest absolute Gasteiger partial charge is 0.223 e. The lowest BCUT2D eigenvalue weighted by molar-refractivity contribution is -0.125. The summed E-state index contributed by atoms with van der Waals surface area (Å²) in [5, 5.41) is 3.15. The van der Waals surface area contributed by atoms with Crippen molar-refractivity contribution >= 4 is 5.91 Å². The van der Waals surface area contributed by atoms with Gasteiger partial charge in [-0.05, 0) is 44.9 Å². The van der Waals surface area contributed by atoms with Crippen LogP contribution >= 0.6 is 0 Å². The normalized spacial score (nSPS) is 15.4. The maximum Gasteiger partial charge on any atom is 0.223 e. The Bertz CT molecular complexity index is 357. The Labute approximate surface area is 170 Å². The van der Waals surface area contributed by atoms with Gasteiger partial charge >= 0.3 is 0 Å². The number of carbonyl (C=O) groups excluding carboxylic acids is 1. The third-order valence-electron chi connectivity index (χ3n) is 5.96. The van der Waals surface area contributed by atoms with E-state index in [1.165, 1.54) is 103 Å². The number of hydrogen-bond donors (Lipinski definition) is 1. The molecule has 0 unspecified atom stereocenters. The van der Waals surface area contributed by atoms with Gasteiger partial charge in [-0.1, -0.05) is 96.1 Å². The average molecular weight is 378 g/mol. The minimum absolute atomic E-state index is 0.313. The highest BCUT2D eigenvalue weighted by Crippen LogP contribution is 2.23. The Morgan fingerprint density at radius 2 is 1.26 bits per heavy atom. The lowest BCUT2D eigenvalue weighted by atomic mass is 9.88. The highest BCUT2D eigenvalue weighted by molar-refractivity contribution is 5.78. The lowest BCUT2D eigenvalue weighted by Gasteiger charge is -2.20. The third kappa shape index (κ3) is 14.9. The predicted molar refractivity (Wildman–Crippen MR) is 119 cm³/mol. The summed E-state index contributed by atoms with van der Waals surface area (Å²) in [5.41, 5.74) is 0. The van der Waals surface area contributed by atoms with Crippen LogP contribution in [-0.2, 0) is 4.79 Å². The molecule has 1 aliphatic carbocycles. The van der Waals surface area contributed by atoms with E-state index in [4.69, 9.17) is 0 Å². The van der Waals surface area contributed by atoms with Crippen LogP contribution in [0.25, 0.3) is 0 Å². The van der Waals surface area contributed by atoms with Crippen LogP contribution in [0.2, 0.25) is 0 Å². The first kappa shape index (κ1) is 24.2. The van der Waals surface area contributed by atoms with E-state index in [0.717, 1.165) is 25.8 Å². The van der Waals surface area contributed by atoms with Gasteiger partial charge in [-0.3, -0.25) is 4.79 Å². The van der Waals surface area contributed by atoms with Crippen LogP contribution in [0.4, 0.5) is 0 Å². The van der Waals surface area contributed by atoms with Crippen LogP contribution in [0.3, 0.4) is 0 Å². The molecule has 0 radical (unpaired) electrons. The molecule has 1 N–H and O–H groups in total. The van der Waals surface area contributed by atoms with Crippen LogP contribution in [-0.4, -0.2) is 12.5 Å². The SMILES string of the molecule is CCCCCCCCC=CCCCCCCCCNC(=O)C1CCCCC1. The van der Waals surface area contributed by atoms with Crippen LogP contribution in [0, 0.1) is 5.92 Å². The van der Waals surface area contributed by atoms with E-state index in [-0.39, 0.29) is 0 Å². The second kappa shape index (κ2) is 18.6. The fraction of sp³-hybridized carbons (Fsp3) is 0.880. The summed E-state index contributed by atoms with van der Waals surface area (Å²) in [5.74, 6) is 0.635. The first-order valence-corrected chi connectivity index (χ1v) is 12.3. The van der Waals surface area contributed by atoms with Crippen LogP contribution in [0.15, 0.2) is 12.2 Å². The maximum absolute atomic E-state index is 12.0. The number of allylic oxidation sites excluding steroid dienone is 2. The molecule has 1 aliphatic rings. The summed E-state index contributed by atoms with van der Waals surface area (Å²) in [4.78, 5) is 12.0. The summed E-state index contributed by atoms with van der Waals surface area (Å²) >= 11 is 0. The zero-order valence-electron chi connectivity index (χ0n) is 18.3. The van der Waals surface area contributed by atoms with Gasteiger partial charge in [0.15, 0.2) is 0 Å². The van der Waals surface area contributed by atoms with Crippen molar-refractivity contribution in [1.29, 1.82) is 0 Å². The number of hydrogen-bond acceptors (Lipinski definition) is 1. The molecular weight excluding hydrogens is 330 g/mol. The molecule has 1 saturated carbocycles. The average Bonchev–Trinajstić information content (AvgIpc) is 2.70. The quantitative estimate of drug-likeness (QED) is 0.204. The minimum Gasteiger partial charge on any atom is -0.356 e. The zero-order chi connectivity index (χ0) is 19.4. The molecule has 2 heteroatoms. The van der Waals surface area contributed by atoms with Gasteiger partial charge in [0.1, 0.15) is 0 Å². The van der Waals surface area contributed by atoms with Gasteiger partial charge in [0.05, 0.1) is 0 Å². The molecule has 0 aromatic carbocycles. The van der Waals surface area contributed by atoms with Crippen LogP contribution in [0.5, 0.6) is 0 Å². The highest BCUT2D eigenvalue weighted by Gasteiger charge is 2.20. The second-order valence-corrected chi connectivity index (χ2v) is 8.56. The molecule has 0 aromatic heterocycles. The molecule has 0 spiro atoms. The fourth-order valence-electron chi connectivity index (χ4n) is 4.09. The van der Waals surface area contributed by atoms with Crippen molar-refractivity contribution in [1.82, 2.24) is 5.32 Å². The molecule has 0 bridgehead atoms. The molecule has 158 valence electrons. The van der Waals surface area contributed by atoms with E-state index in [0.29, 0.717) is 11.8 Å². The summed E-state index contributed by atoms with van der Waals surface area (Å²) in [6.07, 6.45) is 29.5. The minimum atomic E-state index is 0.313. The van der Waals surface area contributed by atoms with E-state index < -0.39 is 0 Å². The molecule has 0 saturated heterocycles. The maximum atomic E-state index is 12.0. The molecule has 0 atom stereocenters. The summed E-state index contributed by atoms with van der Waals surface area (Å²) in [7, 11) is 0. The van der Waals surface area contributed by atoms with Gasteiger partial charge < -0.3 is 5.32 Å². The molecule has 1 fully saturated rings. The molecule has 0 aliphatic heterocycles. The van der Waals surface area contributed by atoms with Crippen LogP contribution < -0.4 is 5.32 Å². The van der Waals surface area contributed by atoms with Gasteiger partial charge in [-0.15, -0.1) is 0 Å². The van der Waals surface area contributed by atoms with Crippen molar-refractivity contribution in [3.05, 3.63) is 12.2 Å². The molecule has 1 amide bonds. The Hall–Kier alpha value is -0.790. The topological polar surface area (TPSA) is 29.1 Å². The van der Waals surface area contributed by atoms with E-state index in [2.05, 4.69) is 24.4 Å².